The van der Waals surface area contributed by atoms with E-state index in [0.717, 1.165) is 45.2 Å². The van der Waals surface area contributed by atoms with Crippen molar-refractivity contribution in [2.45, 2.75) is 69.9 Å². The zero-order chi connectivity index (χ0) is 14.6. The maximum atomic E-state index is 11.8. The minimum atomic E-state index is -0.603. The summed E-state index contributed by atoms with van der Waals surface area (Å²) in [5.41, 5.74) is -0.567. The lowest BCUT2D eigenvalue weighted by Gasteiger charge is -2.38. The van der Waals surface area contributed by atoms with Gasteiger partial charge in [-0.25, -0.2) is 0 Å². The van der Waals surface area contributed by atoms with Crippen LogP contribution < -0.4 is 0 Å². The summed E-state index contributed by atoms with van der Waals surface area (Å²) in [5, 5.41) is 9.70. The maximum absolute atomic E-state index is 11.8. The van der Waals surface area contributed by atoms with E-state index in [1.165, 1.54) is 25.8 Å². The smallest absolute Gasteiger partial charge is 0.324 e. The number of carboxylic acid groups (broad SMARTS) is 1. The van der Waals surface area contributed by atoms with E-state index in [1.54, 1.807) is 0 Å². The molecule has 0 aromatic heterocycles. The largest absolute Gasteiger partial charge is 0.480 e. The van der Waals surface area contributed by atoms with Gasteiger partial charge in [-0.1, -0.05) is 19.8 Å². The molecule has 4 heteroatoms. The van der Waals surface area contributed by atoms with Crippen LogP contribution in [-0.4, -0.2) is 59.1 Å². The van der Waals surface area contributed by atoms with E-state index in [2.05, 4.69) is 23.8 Å². The van der Waals surface area contributed by atoms with Gasteiger partial charge in [0.2, 0.25) is 0 Å². The minimum Gasteiger partial charge on any atom is -0.480 e. The molecule has 0 aromatic rings. The lowest BCUT2D eigenvalue weighted by Crippen LogP contribution is -2.51. The molecule has 2 aliphatic rings. The fraction of sp³-hybridized carbons (Fsp3) is 0.938. The molecule has 0 bridgehead atoms. The lowest BCUT2D eigenvalue weighted by atomic mass is 9.90. The van der Waals surface area contributed by atoms with E-state index in [-0.39, 0.29) is 0 Å². The fourth-order valence-corrected chi connectivity index (χ4v) is 4.12. The molecule has 1 N–H and O–H groups in total. The van der Waals surface area contributed by atoms with Crippen molar-refractivity contribution >= 4 is 5.97 Å². The third-order valence-corrected chi connectivity index (χ3v) is 5.34. The van der Waals surface area contributed by atoms with Crippen LogP contribution in [0.1, 0.15) is 58.3 Å². The summed E-state index contributed by atoms with van der Waals surface area (Å²) in [4.78, 5) is 16.5. The van der Waals surface area contributed by atoms with Crippen LogP contribution in [0.15, 0.2) is 0 Å². The first kappa shape index (κ1) is 15.8. The second-order valence-electron chi connectivity index (χ2n) is 6.60. The van der Waals surface area contributed by atoms with Crippen molar-refractivity contribution in [2.24, 2.45) is 0 Å². The summed E-state index contributed by atoms with van der Waals surface area (Å²) in [6.07, 6.45) is 8.64. The Morgan fingerprint density at radius 1 is 1.30 bits per heavy atom. The zero-order valence-corrected chi connectivity index (χ0v) is 13.1. The fourth-order valence-electron chi connectivity index (χ4n) is 4.12. The number of hydrogen-bond acceptors (Lipinski definition) is 3. The van der Waals surface area contributed by atoms with Crippen LogP contribution in [0.2, 0.25) is 0 Å². The van der Waals surface area contributed by atoms with E-state index in [9.17, 15) is 9.90 Å². The Morgan fingerprint density at radius 2 is 2.10 bits per heavy atom. The normalized spacial score (nSPS) is 32.6. The summed E-state index contributed by atoms with van der Waals surface area (Å²) in [6, 6.07) is 0.650. The number of carbonyl (C=O) groups is 1. The van der Waals surface area contributed by atoms with Crippen LogP contribution in [0.25, 0.3) is 0 Å². The second kappa shape index (κ2) is 6.90. The summed E-state index contributed by atoms with van der Waals surface area (Å²) in [7, 11) is 2.21. The van der Waals surface area contributed by atoms with Gasteiger partial charge in [-0.3, -0.25) is 9.69 Å². The third kappa shape index (κ3) is 3.17. The van der Waals surface area contributed by atoms with Crippen LogP contribution in [0.5, 0.6) is 0 Å². The van der Waals surface area contributed by atoms with E-state index >= 15 is 0 Å². The Balaban J connectivity index is 1.94. The minimum absolute atomic E-state index is 0.567. The van der Waals surface area contributed by atoms with E-state index < -0.39 is 11.5 Å². The van der Waals surface area contributed by atoms with Crippen molar-refractivity contribution in [3.8, 4) is 0 Å². The van der Waals surface area contributed by atoms with Crippen molar-refractivity contribution in [2.75, 3.05) is 26.7 Å². The summed E-state index contributed by atoms with van der Waals surface area (Å²) >= 11 is 0. The van der Waals surface area contributed by atoms with Gasteiger partial charge in [-0.2, -0.15) is 0 Å². The molecule has 0 aliphatic carbocycles. The highest BCUT2D eigenvalue weighted by molar-refractivity contribution is 5.79. The van der Waals surface area contributed by atoms with Gasteiger partial charge in [0.25, 0.3) is 0 Å². The zero-order valence-electron chi connectivity index (χ0n) is 13.1. The van der Waals surface area contributed by atoms with Crippen LogP contribution in [-0.2, 0) is 4.79 Å². The number of nitrogens with zero attached hydrogens (tertiary/aromatic N) is 2. The summed E-state index contributed by atoms with van der Waals surface area (Å²) in [5.74, 6) is -0.603. The van der Waals surface area contributed by atoms with E-state index in [1.807, 2.05) is 0 Å². The van der Waals surface area contributed by atoms with Crippen molar-refractivity contribution in [3.63, 3.8) is 0 Å². The third-order valence-electron chi connectivity index (χ3n) is 5.34. The van der Waals surface area contributed by atoms with Crippen molar-refractivity contribution in [3.05, 3.63) is 0 Å². The standard InChI is InChI=1S/C16H30N2O2/c1-3-9-16(15(19)20)10-6-12-18(16)13-8-14-7-4-5-11-17(14)2/h14H,3-13H2,1-2H3,(H,19,20). The van der Waals surface area contributed by atoms with Gasteiger partial charge in [0.05, 0.1) is 0 Å². The quantitative estimate of drug-likeness (QED) is 0.813. The van der Waals surface area contributed by atoms with Gasteiger partial charge in [0, 0.05) is 12.6 Å². The highest BCUT2D eigenvalue weighted by Crippen LogP contribution is 2.34. The highest BCUT2D eigenvalue weighted by Gasteiger charge is 2.46. The van der Waals surface area contributed by atoms with Crippen molar-refractivity contribution in [1.29, 1.82) is 0 Å². The Hall–Kier alpha value is -0.610. The van der Waals surface area contributed by atoms with Crippen molar-refractivity contribution < 1.29 is 9.90 Å². The summed E-state index contributed by atoms with van der Waals surface area (Å²) in [6.45, 7) is 5.20. The van der Waals surface area contributed by atoms with Gasteiger partial charge in [0.1, 0.15) is 5.54 Å². The predicted octanol–water partition coefficient (Wildman–Crippen LogP) is 2.58. The van der Waals surface area contributed by atoms with Gasteiger partial charge in [-0.05, 0) is 58.7 Å². The van der Waals surface area contributed by atoms with E-state index in [0.29, 0.717) is 6.04 Å². The molecule has 116 valence electrons. The average Bonchev–Trinajstić information content (AvgIpc) is 2.82. The molecule has 2 atom stereocenters. The SMILES string of the molecule is CCCC1(C(=O)O)CCCN1CCC1CCCCN1C. The number of rotatable bonds is 6. The topological polar surface area (TPSA) is 43.8 Å². The highest BCUT2D eigenvalue weighted by atomic mass is 16.4. The molecule has 0 spiro atoms. The molecular formula is C16H30N2O2. The molecule has 4 nitrogen and oxygen atoms in total. The first-order valence-electron chi connectivity index (χ1n) is 8.29. The molecule has 2 aliphatic heterocycles. The Bertz CT molecular complexity index is 334. The number of hydrogen-bond donors (Lipinski definition) is 1. The molecule has 0 amide bonds. The second-order valence-corrected chi connectivity index (χ2v) is 6.60. The molecule has 2 heterocycles. The molecule has 2 rings (SSSR count). The van der Waals surface area contributed by atoms with E-state index in [4.69, 9.17) is 0 Å². The molecule has 20 heavy (non-hydrogen) atoms. The van der Waals surface area contributed by atoms with Crippen molar-refractivity contribution in [1.82, 2.24) is 9.80 Å². The molecule has 2 unspecified atom stereocenters. The Morgan fingerprint density at radius 3 is 2.75 bits per heavy atom. The maximum Gasteiger partial charge on any atom is 0.324 e. The monoisotopic (exact) mass is 282 g/mol. The predicted molar refractivity (Wildman–Crippen MR) is 81.0 cm³/mol. The van der Waals surface area contributed by atoms with Crippen LogP contribution in [0.4, 0.5) is 0 Å². The van der Waals surface area contributed by atoms with Crippen LogP contribution >= 0.6 is 0 Å². The number of aliphatic carboxylic acids is 1. The molecule has 2 fully saturated rings. The van der Waals surface area contributed by atoms with Gasteiger partial charge >= 0.3 is 5.97 Å². The number of piperidine rings is 1. The lowest BCUT2D eigenvalue weighted by molar-refractivity contribution is -0.150. The molecule has 0 radical (unpaired) electrons. The Kier molecular flexibility index (Phi) is 5.44. The Labute approximate surface area is 123 Å². The van der Waals surface area contributed by atoms with Crippen LogP contribution in [0, 0.1) is 0 Å². The average molecular weight is 282 g/mol. The van der Waals surface area contributed by atoms with Gasteiger partial charge in [-0.15, -0.1) is 0 Å². The molecule has 0 aromatic carbocycles. The summed E-state index contributed by atoms with van der Waals surface area (Å²) < 4.78 is 0. The first-order chi connectivity index (χ1) is 9.60. The van der Waals surface area contributed by atoms with Gasteiger partial charge < -0.3 is 10.0 Å². The molecular weight excluding hydrogens is 252 g/mol. The van der Waals surface area contributed by atoms with Gasteiger partial charge in [0.15, 0.2) is 0 Å². The first-order valence-corrected chi connectivity index (χ1v) is 8.29. The van der Waals surface area contributed by atoms with Crippen LogP contribution in [0.3, 0.4) is 0 Å². The molecule has 2 saturated heterocycles. The number of carboxylic acids is 1. The number of likely N-dealkylation sites (tertiary alicyclic amines) is 2. The molecule has 0 saturated carbocycles.